The van der Waals surface area contributed by atoms with Crippen LogP contribution >= 0.6 is 0 Å². The third kappa shape index (κ3) is 5.31. The van der Waals surface area contributed by atoms with Crippen molar-refractivity contribution in [2.75, 3.05) is 0 Å². The fourth-order valence-electron chi connectivity index (χ4n) is 3.60. The van der Waals surface area contributed by atoms with E-state index in [-0.39, 0.29) is 0 Å². The van der Waals surface area contributed by atoms with Gasteiger partial charge < -0.3 is 5.32 Å². The number of nitrogens with zero attached hydrogens (tertiary/aromatic N) is 1. The van der Waals surface area contributed by atoms with E-state index >= 15 is 0 Å². The minimum atomic E-state index is -1.34. The van der Waals surface area contributed by atoms with Gasteiger partial charge in [-0.1, -0.05) is 70.9 Å². The normalized spacial score (nSPS) is 16.2. The number of aliphatic imine (C=N–C) groups is 1. The molecule has 3 heteroatoms. The van der Waals surface area contributed by atoms with Gasteiger partial charge in [0.1, 0.15) is 11.5 Å². The zero-order chi connectivity index (χ0) is 20.0. The molecule has 0 amide bonds. The van der Waals surface area contributed by atoms with Crippen LogP contribution in [-0.4, -0.2) is 5.84 Å². The van der Waals surface area contributed by atoms with Gasteiger partial charge in [0, 0.05) is 17.2 Å². The van der Waals surface area contributed by atoms with Gasteiger partial charge in [-0.25, -0.2) is 9.38 Å². The second-order valence-electron chi connectivity index (χ2n) is 7.97. The Morgan fingerprint density at radius 3 is 2.30 bits per heavy atom. The zero-order valence-electron chi connectivity index (χ0n) is 17.7. The van der Waals surface area contributed by atoms with Crippen LogP contribution in [0.2, 0.25) is 0 Å². The summed E-state index contributed by atoms with van der Waals surface area (Å²) in [5, 5.41) is 3.39. The first kappa shape index (κ1) is 21.4. The van der Waals surface area contributed by atoms with Crippen LogP contribution in [0, 0.1) is 5.92 Å². The van der Waals surface area contributed by atoms with Gasteiger partial charge in [-0.15, -0.1) is 0 Å². The van der Waals surface area contributed by atoms with Crippen molar-refractivity contribution in [1.82, 2.24) is 5.32 Å². The van der Waals surface area contributed by atoms with E-state index in [4.69, 9.17) is 4.99 Å². The lowest BCUT2D eigenvalue weighted by molar-refractivity contribution is 0.221. The number of unbranched alkanes of at least 4 members (excludes halogenated alkanes) is 1. The van der Waals surface area contributed by atoms with Crippen molar-refractivity contribution in [2.45, 2.75) is 78.8 Å². The maximum atomic E-state index is 14.2. The van der Waals surface area contributed by atoms with E-state index in [0.717, 1.165) is 42.8 Å². The molecule has 0 bridgehead atoms. The maximum absolute atomic E-state index is 14.2. The molecule has 1 aromatic carbocycles. The van der Waals surface area contributed by atoms with Crippen molar-refractivity contribution in [3.8, 4) is 0 Å². The van der Waals surface area contributed by atoms with E-state index in [0.29, 0.717) is 11.5 Å². The number of hydrogen-bond donors (Lipinski definition) is 1. The lowest BCUT2D eigenvalue weighted by Crippen LogP contribution is -2.30. The number of hydrogen-bond acceptors (Lipinski definition) is 2. The van der Waals surface area contributed by atoms with Gasteiger partial charge in [-0.05, 0) is 44.2 Å². The molecule has 1 aliphatic rings. The molecule has 1 unspecified atom stereocenters. The molecule has 0 spiro atoms. The molecule has 1 N–H and O–H groups in total. The van der Waals surface area contributed by atoms with Crippen molar-refractivity contribution >= 4 is 5.84 Å². The molecule has 148 valence electrons. The summed E-state index contributed by atoms with van der Waals surface area (Å²) in [6.45, 7) is 14.1. The summed E-state index contributed by atoms with van der Waals surface area (Å²) in [5.41, 5.74) is 3.74. The molecular weight excluding hydrogens is 335 g/mol. The first-order valence-electron chi connectivity index (χ1n) is 10.4. The van der Waals surface area contributed by atoms with Crippen LogP contribution in [0.3, 0.4) is 0 Å². The quantitative estimate of drug-likeness (QED) is 0.496. The molecule has 1 heterocycles. The molecule has 0 radical (unpaired) electrons. The highest BCUT2D eigenvalue weighted by atomic mass is 19.1. The molecule has 2 nitrogen and oxygen atoms in total. The lowest BCUT2D eigenvalue weighted by Gasteiger charge is -2.28. The summed E-state index contributed by atoms with van der Waals surface area (Å²) in [6.07, 6.45) is 6.73. The van der Waals surface area contributed by atoms with Gasteiger partial charge in [0.05, 0.1) is 5.70 Å². The van der Waals surface area contributed by atoms with E-state index < -0.39 is 5.67 Å². The first-order valence-corrected chi connectivity index (χ1v) is 10.4. The zero-order valence-corrected chi connectivity index (χ0v) is 17.7. The minimum absolute atomic E-state index is 0.462. The van der Waals surface area contributed by atoms with Crippen LogP contribution in [-0.2, 0) is 5.67 Å². The Morgan fingerprint density at radius 1 is 1.11 bits per heavy atom. The Kier molecular flexibility index (Phi) is 7.41. The van der Waals surface area contributed by atoms with E-state index in [2.05, 4.69) is 32.7 Å². The third-order valence-corrected chi connectivity index (χ3v) is 5.31. The average Bonchev–Trinajstić information content (AvgIpc) is 2.64. The Hall–Kier alpha value is -1.90. The number of allylic oxidation sites excluding steroid dienone is 2. The average molecular weight is 371 g/mol. The highest BCUT2D eigenvalue weighted by Gasteiger charge is 2.24. The number of halogens is 1. The summed E-state index contributed by atoms with van der Waals surface area (Å²) >= 11 is 0. The van der Waals surface area contributed by atoms with Gasteiger partial charge in [-0.3, -0.25) is 0 Å². The van der Waals surface area contributed by atoms with Crippen molar-refractivity contribution in [1.29, 1.82) is 0 Å². The van der Waals surface area contributed by atoms with E-state index in [1.54, 1.807) is 13.8 Å². The van der Waals surface area contributed by atoms with Crippen molar-refractivity contribution in [2.24, 2.45) is 10.9 Å². The number of benzene rings is 1. The largest absolute Gasteiger partial charge is 0.340 e. The Bertz CT molecular complexity index is 705. The molecule has 2 rings (SSSR count). The van der Waals surface area contributed by atoms with Crippen molar-refractivity contribution in [3.05, 3.63) is 58.9 Å². The summed E-state index contributed by atoms with van der Waals surface area (Å²) in [4.78, 5) is 5.05. The van der Waals surface area contributed by atoms with Crippen LogP contribution < -0.4 is 5.32 Å². The van der Waals surface area contributed by atoms with Gasteiger partial charge in [-0.2, -0.15) is 0 Å². The Morgan fingerprint density at radius 2 is 1.78 bits per heavy atom. The fraction of sp³-hybridized carbons (Fsp3) is 0.542. The fourth-order valence-corrected chi connectivity index (χ4v) is 3.60. The van der Waals surface area contributed by atoms with Gasteiger partial charge in [0.25, 0.3) is 0 Å². The van der Waals surface area contributed by atoms with E-state index in [1.165, 1.54) is 24.1 Å². The molecule has 0 saturated carbocycles. The molecule has 0 fully saturated rings. The van der Waals surface area contributed by atoms with E-state index in [9.17, 15) is 4.39 Å². The van der Waals surface area contributed by atoms with Gasteiger partial charge >= 0.3 is 0 Å². The van der Waals surface area contributed by atoms with Gasteiger partial charge in [0.15, 0.2) is 0 Å². The topological polar surface area (TPSA) is 24.4 Å². The Balaban J connectivity index is 2.42. The second kappa shape index (κ2) is 9.34. The summed E-state index contributed by atoms with van der Waals surface area (Å²) in [5.74, 6) is 1.29. The van der Waals surface area contributed by atoms with E-state index in [1.807, 2.05) is 24.3 Å². The van der Waals surface area contributed by atoms with Crippen LogP contribution in [0.4, 0.5) is 4.39 Å². The van der Waals surface area contributed by atoms with Crippen LogP contribution in [0.25, 0.3) is 0 Å². The number of alkyl halides is 1. The van der Waals surface area contributed by atoms with Crippen molar-refractivity contribution in [3.63, 3.8) is 0 Å². The smallest absolute Gasteiger partial charge is 0.137 e. The molecule has 0 aromatic heterocycles. The molecule has 1 aliphatic heterocycles. The van der Waals surface area contributed by atoms with Crippen LogP contribution in [0.5, 0.6) is 0 Å². The predicted molar refractivity (Wildman–Crippen MR) is 115 cm³/mol. The standard InChI is InChI=1S/C24H35FN2/c1-7-10-12-18(9-3)22-21(11-8-2)17(4)26-23(27-22)19-13-15-20(16-14-19)24(5,6)25/h13-16,18H,4,7-12H2,1-3,5-6H3,(H,26,27). The highest BCUT2D eigenvalue weighted by molar-refractivity contribution is 6.01. The van der Waals surface area contributed by atoms with Gasteiger partial charge in [0.2, 0.25) is 0 Å². The predicted octanol–water partition coefficient (Wildman–Crippen LogP) is 7.03. The maximum Gasteiger partial charge on any atom is 0.137 e. The molecule has 27 heavy (non-hydrogen) atoms. The molecule has 0 saturated heterocycles. The first-order chi connectivity index (χ1) is 12.8. The number of nitrogens with one attached hydrogen (secondary N) is 1. The second-order valence-corrected chi connectivity index (χ2v) is 7.97. The monoisotopic (exact) mass is 370 g/mol. The molecule has 0 aliphatic carbocycles. The van der Waals surface area contributed by atoms with Crippen LogP contribution in [0.1, 0.15) is 84.3 Å². The Labute approximate surface area is 164 Å². The summed E-state index contributed by atoms with van der Waals surface area (Å²) in [6, 6.07) is 7.60. The molecule has 1 atom stereocenters. The molecule has 1 aromatic rings. The molecular formula is C24H35FN2. The SMILES string of the molecule is C=C1NC(c2ccc(C(C)(C)F)cc2)=NC(C(CC)CCCC)=C1CCC. The number of rotatable bonds is 9. The number of amidine groups is 1. The summed E-state index contributed by atoms with van der Waals surface area (Å²) < 4.78 is 14.2. The highest BCUT2D eigenvalue weighted by Crippen LogP contribution is 2.33. The van der Waals surface area contributed by atoms with Crippen molar-refractivity contribution < 1.29 is 4.39 Å². The third-order valence-electron chi connectivity index (χ3n) is 5.31. The minimum Gasteiger partial charge on any atom is -0.340 e. The summed E-state index contributed by atoms with van der Waals surface area (Å²) in [7, 11) is 0. The lowest BCUT2D eigenvalue weighted by atomic mass is 9.89. The van der Waals surface area contributed by atoms with Crippen LogP contribution in [0.15, 0.2) is 52.8 Å².